The molecule has 0 atom stereocenters. The van der Waals surface area contributed by atoms with Crippen LogP contribution in [0, 0.1) is 0 Å². The number of alkyl halides is 3. The molecule has 0 spiro atoms. The van der Waals surface area contributed by atoms with Crippen molar-refractivity contribution in [2.45, 2.75) is 44.5 Å². The summed E-state index contributed by atoms with van der Waals surface area (Å²) < 4.78 is 56.9. The fourth-order valence-electron chi connectivity index (χ4n) is 1.10. The molecular weight excluding hydrogens is 241 g/mol. The van der Waals surface area contributed by atoms with Crippen LogP contribution in [0.1, 0.15) is 39.0 Å². The third-order valence-electron chi connectivity index (χ3n) is 2.06. The summed E-state index contributed by atoms with van der Waals surface area (Å²) in [6.07, 6.45) is 7.30. The zero-order valence-electron chi connectivity index (χ0n) is 9.26. The Kier molecular flexibility index (Phi) is 6.71. The SMILES string of the molecule is CCCCCC/C=C/CS(=O)(=O)C(F)(F)F. The van der Waals surface area contributed by atoms with Gasteiger partial charge in [-0.3, -0.25) is 0 Å². The zero-order valence-corrected chi connectivity index (χ0v) is 10.1. The average Bonchev–Trinajstić information content (AvgIpc) is 2.14. The number of rotatable bonds is 7. The Balaban J connectivity index is 3.85. The second-order valence-electron chi connectivity index (χ2n) is 3.55. The largest absolute Gasteiger partial charge is 0.497 e. The lowest BCUT2D eigenvalue weighted by molar-refractivity contribution is -0.0432. The van der Waals surface area contributed by atoms with Crippen LogP contribution in [0.5, 0.6) is 0 Å². The van der Waals surface area contributed by atoms with Crippen molar-refractivity contribution in [3.8, 4) is 0 Å². The van der Waals surface area contributed by atoms with Crippen LogP contribution in [0.4, 0.5) is 13.2 Å². The minimum absolute atomic E-state index is 0.632. The van der Waals surface area contributed by atoms with E-state index in [0.717, 1.165) is 31.8 Å². The molecule has 0 aromatic heterocycles. The fourth-order valence-corrected chi connectivity index (χ4v) is 1.67. The maximum atomic E-state index is 11.9. The Morgan fingerprint density at radius 1 is 1.06 bits per heavy atom. The van der Waals surface area contributed by atoms with Gasteiger partial charge in [0.2, 0.25) is 0 Å². The van der Waals surface area contributed by atoms with Gasteiger partial charge in [0.25, 0.3) is 9.84 Å². The van der Waals surface area contributed by atoms with Crippen LogP contribution in [0.3, 0.4) is 0 Å². The monoisotopic (exact) mass is 258 g/mol. The lowest BCUT2D eigenvalue weighted by Gasteiger charge is -2.04. The van der Waals surface area contributed by atoms with Gasteiger partial charge in [-0.25, -0.2) is 8.42 Å². The van der Waals surface area contributed by atoms with Gasteiger partial charge in [-0.15, -0.1) is 0 Å². The second-order valence-corrected chi connectivity index (χ2v) is 5.57. The van der Waals surface area contributed by atoms with Crippen LogP contribution >= 0.6 is 0 Å². The van der Waals surface area contributed by atoms with E-state index < -0.39 is 21.1 Å². The predicted octanol–water partition coefficient (Wildman–Crippen LogP) is 3.45. The van der Waals surface area contributed by atoms with Crippen molar-refractivity contribution in [1.82, 2.24) is 0 Å². The first-order chi connectivity index (χ1) is 7.31. The molecule has 0 heterocycles. The van der Waals surface area contributed by atoms with Gasteiger partial charge in [0, 0.05) is 0 Å². The molecular formula is C10H17F3O2S. The molecule has 0 aromatic carbocycles. The van der Waals surface area contributed by atoms with Gasteiger partial charge in [0.05, 0.1) is 5.75 Å². The van der Waals surface area contributed by atoms with Gasteiger partial charge in [0.1, 0.15) is 0 Å². The van der Waals surface area contributed by atoms with E-state index in [1.807, 2.05) is 0 Å². The maximum absolute atomic E-state index is 11.9. The van der Waals surface area contributed by atoms with Crippen molar-refractivity contribution >= 4 is 9.84 Å². The Morgan fingerprint density at radius 3 is 2.19 bits per heavy atom. The summed E-state index contributed by atoms with van der Waals surface area (Å²) in [5.74, 6) is -0.954. The van der Waals surface area contributed by atoms with E-state index in [4.69, 9.17) is 0 Å². The fraction of sp³-hybridized carbons (Fsp3) is 0.800. The van der Waals surface area contributed by atoms with Crippen LogP contribution in [0.15, 0.2) is 12.2 Å². The normalized spacial score (nSPS) is 13.5. The first-order valence-electron chi connectivity index (χ1n) is 5.25. The van der Waals surface area contributed by atoms with E-state index in [1.54, 1.807) is 0 Å². The number of halogens is 3. The van der Waals surface area contributed by atoms with E-state index in [9.17, 15) is 21.6 Å². The molecule has 0 aromatic rings. The quantitative estimate of drug-likeness (QED) is 0.517. The highest BCUT2D eigenvalue weighted by molar-refractivity contribution is 7.92. The molecule has 6 heteroatoms. The Labute approximate surface area is 94.5 Å². The summed E-state index contributed by atoms with van der Waals surface area (Å²) in [6, 6.07) is 0. The molecule has 0 aliphatic heterocycles. The highest BCUT2D eigenvalue weighted by Gasteiger charge is 2.44. The molecule has 0 N–H and O–H groups in total. The molecule has 0 amide bonds. The van der Waals surface area contributed by atoms with Gasteiger partial charge in [-0.2, -0.15) is 13.2 Å². The minimum Gasteiger partial charge on any atom is -0.219 e. The average molecular weight is 258 g/mol. The highest BCUT2D eigenvalue weighted by atomic mass is 32.2. The molecule has 0 fully saturated rings. The number of hydrogen-bond donors (Lipinski definition) is 0. The van der Waals surface area contributed by atoms with Crippen molar-refractivity contribution < 1.29 is 21.6 Å². The molecule has 16 heavy (non-hydrogen) atoms. The summed E-state index contributed by atoms with van der Waals surface area (Å²) in [4.78, 5) is 0. The number of hydrogen-bond acceptors (Lipinski definition) is 2. The van der Waals surface area contributed by atoms with E-state index in [-0.39, 0.29) is 0 Å². The van der Waals surface area contributed by atoms with Crippen molar-refractivity contribution in [2.24, 2.45) is 0 Å². The van der Waals surface area contributed by atoms with Gasteiger partial charge < -0.3 is 0 Å². The van der Waals surface area contributed by atoms with Crippen LogP contribution in [0.25, 0.3) is 0 Å². The lowest BCUT2D eigenvalue weighted by Crippen LogP contribution is -2.25. The summed E-state index contributed by atoms with van der Waals surface area (Å²) in [7, 11) is -4.98. The summed E-state index contributed by atoms with van der Waals surface area (Å²) in [5, 5.41) is 0. The van der Waals surface area contributed by atoms with Crippen molar-refractivity contribution in [3.05, 3.63) is 12.2 Å². The molecule has 0 saturated heterocycles. The van der Waals surface area contributed by atoms with Crippen LogP contribution in [0.2, 0.25) is 0 Å². The van der Waals surface area contributed by atoms with Crippen molar-refractivity contribution in [2.75, 3.05) is 5.75 Å². The molecule has 0 saturated carbocycles. The van der Waals surface area contributed by atoms with Crippen LogP contribution in [-0.4, -0.2) is 19.7 Å². The zero-order chi connectivity index (χ0) is 12.7. The van der Waals surface area contributed by atoms with Crippen LogP contribution in [-0.2, 0) is 9.84 Å². The summed E-state index contributed by atoms with van der Waals surface area (Å²) >= 11 is 0. The smallest absolute Gasteiger partial charge is 0.219 e. The van der Waals surface area contributed by atoms with E-state index in [2.05, 4.69) is 6.92 Å². The molecule has 0 unspecified atom stereocenters. The molecule has 0 aliphatic rings. The second kappa shape index (κ2) is 6.93. The topological polar surface area (TPSA) is 34.1 Å². The number of sulfone groups is 1. The predicted molar refractivity (Wildman–Crippen MR) is 57.7 cm³/mol. The number of unbranched alkanes of at least 4 members (excludes halogenated alkanes) is 4. The molecule has 0 aliphatic carbocycles. The molecule has 0 bridgehead atoms. The Bertz CT molecular complexity index is 305. The van der Waals surface area contributed by atoms with Gasteiger partial charge >= 0.3 is 5.51 Å². The summed E-state index contributed by atoms with van der Waals surface area (Å²) in [6.45, 7) is 2.06. The number of allylic oxidation sites excluding steroid dienone is 1. The van der Waals surface area contributed by atoms with E-state index in [1.165, 1.54) is 6.08 Å². The minimum atomic E-state index is -5.14. The Hall–Kier alpha value is -0.520. The van der Waals surface area contributed by atoms with Crippen LogP contribution < -0.4 is 0 Å². The lowest BCUT2D eigenvalue weighted by atomic mass is 10.1. The van der Waals surface area contributed by atoms with E-state index >= 15 is 0 Å². The van der Waals surface area contributed by atoms with Gasteiger partial charge in [0.15, 0.2) is 0 Å². The third kappa shape index (κ3) is 6.15. The van der Waals surface area contributed by atoms with Gasteiger partial charge in [-0.05, 0) is 12.8 Å². The van der Waals surface area contributed by atoms with Crippen molar-refractivity contribution in [3.63, 3.8) is 0 Å². The standard InChI is InChI=1S/C10H17F3O2S/c1-2-3-4-5-6-7-8-9-16(14,15)10(11,12)13/h7-8H,2-6,9H2,1H3/b8-7+. The Morgan fingerprint density at radius 2 is 1.69 bits per heavy atom. The molecule has 96 valence electrons. The first kappa shape index (κ1) is 15.5. The van der Waals surface area contributed by atoms with Crippen molar-refractivity contribution in [1.29, 1.82) is 0 Å². The molecule has 0 radical (unpaired) electrons. The third-order valence-corrected chi connectivity index (χ3v) is 3.40. The van der Waals surface area contributed by atoms with Gasteiger partial charge in [-0.1, -0.05) is 38.3 Å². The summed E-state index contributed by atoms with van der Waals surface area (Å²) in [5.41, 5.74) is -5.14. The van der Waals surface area contributed by atoms with E-state index in [0.29, 0.717) is 6.42 Å². The maximum Gasteiger partial charge on any atom is 0.497 e. The first-order valence-corrected chi connectivity index (χ1v) is 6.90. The highest BCUT2D eigenvalue weighted by Crippen LogP contribution is 2.23. The molecule has 2 nitrogen and oxygen atoms in total. The molecule has 0 rings (SSSR count).